The Kier molecular flexibility index (Phi) is 7.87. The van der Waals surface area contributed by atoms with E-state index in [-0.39, 0.29) is 17.9 Å². The quantitative estimate of drug-likeness (QED) is 0.152. The molecule has 2 heterocycles. The molecule has 0 saturated carbocycles. The summed E-state index contributed by atoms with van der Waals surface area (Å²) in [6.07, 6.45) is 1.50. The summed E-state index contributed by atoms with van der Waals surface area (Å²) < 4.78 is 22.7. The summed E-state index contributed by atoms with van der Waals surface area (Å²) in [4.78, 5) is 28.1. The van der Waals surface area contributed by atoms with E-state index in [0.717, 1.165) is 5.56 Å². The molecule has 40 heavy (non-hydrogen) atoms. The van der Waals surface area contributed by atoms with Crippen molar-refractivity contribution in [3.05, 3.63) is 119 Å². The van der Waals surface area contributed by atoms with Gasteiger partial charge < -0.3 is 28.6 Å². The number of nitrogens with zero attached hydrogens (tertiary/aromatic N) is 1. The second kappa shape index (κ2) is 11.8. The van der Waals surface area contributed by atoms with Gasteiger partial charge >= 0.3 is 0 Å². The second-order valence-electron chi connectivity index (χ2n) is 9.15. The fourth-order valence-electron chi connectivity index (χ4n) is 4.72. The summed E-state index contributed by atoms with van der Waals surface area (Å²) in [6.45, 7) is 2.67. The van der Waals surface area contributed by atoms with E-state index in [0.29, 0.717) is 47.3 Å². The van der Waals surface area contributed by atoms with Crippen LogP contribution < -0.4 is 14.2 Å². The molecule has 8 nitrogen and oxygen atoms in total. The fraction of sp³-hybridized carbons (Fsp3) is 0.188. The zero-order valence-electron chi connectivity index (χ0n) is 22.2. The van der Waals surface area contributed by atoms with Gasteiger partial charge in [0, 0.05) is 5.56 Å². The number of aliphatic hydroxyl groups is 1. The van der Waals surface area contributed by atoms with Crippen LogP contribution in [-0.4, -0.2) is 35.4 Å². The van der Waals surface area contributed by atoms with Crippen LogP contribution in [0.4, 0.5) is 0 Å². The lowest BCUT2D eigenvalue weighted by molar-refractivity contribution is -0.140. The van der Waals surface area contributed by atoms with Crippen molar-refractivity contribution in [2.45, 2.75) is 26.1 Å². The monoisotopic (exact) mass is 539 g/mol. The molecule has 0 spiro atoms. The molecule has 1 aliphatic heterocycles. The Balaban J connectivity index is 1.57. The number of ether oxygens (including phenoxy) is 3. The van der Waals surface area contributed by atoms with E-state index in [1.165, 1.54) is 18.3 Å². The SMILES string of the molecule is CCOc1cccc(/C(O)=C2\C(=O)C(=O)N(Cc3ccco3)C2c2ccc(OCc3ccccc3)c(OC)c2)c1. The van der Waals surface area contributed by atoms with Crippen LogP contribution in [0.5, 0.6) is 17.2 Å². The predicted octanol–water partition coefficient (Wildman–Crippen LogP) is 5.89. The van der Waals surface area contributed by atoms with Crippen LogP contribution in [0.25, 0.3) is 5.76 Å². The minimum atomic E-state index is -0.905. The van der Waals surface area contributed by atoms with Crippen LogP contribution in [0.2, 0.25) is 0 Å². The third-order valence-corrected chi connectivity index (χ3v) is 6.61. The Labute approximate surface area is 232 Å². The van der Waals surface area contributed by atoms with Gasteiger partial charge in [-0.15, -0.1) is 0 Å². The molecule has 1 unspecified atom stereocenters. The van der Waals surface area contributed by atoms with Crippen LogP contribution in [0.3, 0.4) is 0 Å². The van der Waals surface area contributed by atoms with Crippen molar-refractivity contribution in [2.75, 3.05) is 13.7 Å². The average Bonchev–Trinajstić information content (AvgIpc) is 3.59. The second-order valence-corrected chi connectivity index (χ2v) is 9.15. The number of rotatable bonds is 10. The van der Waals surface area contributed by atoms with E-state index in [1.807, 2.05) is 37.3 Å². The summed E-state index contributed by atoms with van der Waals surface area (Å²) >= 11 is 0. The van der Waals surface area contributed by atoms with Crippen molar-refractivity contribution >= 4 is 17.4 Å². The highest BCUT2D eigenvalue weighted by Crippen LogP contribution is 2.43. The molecule has 0 bridgehead atoms. The van der Waals surface area contributed by atoms with Gasteiger partial charge in [-0.05, 0) is 54.4 Å². The number of hydrogen-bond donors (Lipinski definition) is 1. The predicted molar refractivity (Wildman–Crippen MR) is 148 cm³/mol. The standard InChI is InChI=1S/C32H29NO7/c1-3-38-24-12-7-11-23(17-24)30(34)28-29(33(32(36)31(28)35)19-25-13-8-16-39-25)22-14-15-26(27(18-22)37-2)40-20-21-9-5-4-6-10-21/h4-18,29,34H,3,19-20H2,1-2H3/b30-28+. The first-order valence-electron chi connectivity index (χ1n) is 12.9. The molecule has 1 saturated heterocycles. The Morgan fingerprint density at radius 1 is 0.925 bits per heavy atom. The van der Waals surface area contributed by atoms with Crippen molar-refractivity contribution in [1.82, 2.24) is 4.90 Å². The van der Waals surface area contributed by atoms with Crippen LogP contribution >= 0.6 is 0 Å². The van der Waals surface area contributed by atoms with Gasteiger partial charge in [-0.2, -0.15) is 0 Å². The molecular formula is C32H29NO7. The molecule has 3 aromatic carbocycles. The average molecular weight is 540 g/mol. The molecule has 1 fully saturated rings. The summed E-state index contributed by atoms with van der Waals surface area (Å²) in [5.74, 6) is 0.133. The molecule has 5 rings (SSSR count). The molecule has 1 aromatic heterocycles. The lowest BCUT2D eigenvalue weighted by atomic mass is 9.95. The lowest BCUT2D eigenvalue weighted by Gasteiger charge is -2.25. The third-order valence-electron chi connectivity index (χ3n) is 6.61. The van der Waals surface area contributed by atoms with E-state index in [9.17, 15) is 14.7 Å². The van der Waals surface area contributed by atoms with Crippen LogP contribution in [-0.2, 0) is 22.7 Å². The molecule has 0 radical (unpaired) electrons. The molecule has 1 amide bonds. The Hall–Kier alpha value is -4.98. The van der Waals surface area contributed by atoms with Gasteiger partial charge in [-0.1, -0.05) is 48.5 Å². The molecule has 1 aliphatic rings. The molecule has 1 atom stereocenters. The Morgan fingerprint density at radius 2 is 1.75 bits per heavy atom. The number of ketones is 1. The van der Waals surface area contributed by atoms with Crippen molar-refractivity contribution in [1.29, 1.82) is 0 Å². The number of methoxy groups -OCH3 is 1. The van der Waals surface area contributed by atoms with E-state index in [4.69, 9.17) is 18.6 Å². The minimum Gasteiger partial charge on any atom is -0.507 e. The zero-order chi connectivity index (χ0) is 28.1. The van der Waals surface area contributed by atoms with Gasteiger partial charge in [0.15, 0.2) is 11.5 Å². The van der Waals surface area contributed by atoms with Crippen LogP contribution in [0.15, 0.2) is 101 Å². The summed E-state index contributed by atoms with van der Waals surface area (Å²) in [6, 6.07) is 24.3. The van der Waals surface area contributed by atoms with Crippen molar-refractivity contribution in [3.8, 4) is 17.2 Å². The van der Waals surface area contributed by atoms with E-state index in [1.54, 1.807) is 54.6 Å². The normalized spacial score (nSPS) is 16.2. The maximum Gasteiger partial charge on any atom is 0.296 e. The molecule has 8 heteroatoms. The number of carbonyl (C=O) groups is 2. The number of Topliss-reactive ketones (excluding diaryl/α,β-unsaturated/α-hetero) is 1. The number of likely N-dealkylation sites (tertiary alicyclic amines) is 1. The number of aliphatic hydroxyl groups excluding tert-OH is 1. The molecule has 0 aliphatic carbocycles. The Morgan fingerprint density at radius 3 is 2.48 bits per heavy atom. The van der Waals surface area contributed by atoms with Gasteiger partial charge in [0.05, 0.1) is 38.1 Å². The van der Waals surface area contributed by atoms with Gasteiger partial charge in [-0.3, -0.25) is 9.59 Å². The van der Waals surface area contributed by atoms with E-state index in [2.05, 4.69) is 0 Å². The molecule has 4 aromatic rings. The maximum atomic E-state index is 13.4. The number of amides is 1. The molecule has 1 N–H and O–H groups in total. The largest absolute Gasteiger partial charge is 0.507 e. The highest BCUT2D eigenvalue weighted by molar-refractivity contribution is 6.46. The first kappa shape index (κ1) is 26.6. The van der Waals surface area contributed by atoms with Crippen LogP contribution in [0, 0.1) is 0 Å². The van der Waals surface area contributed by atoms with Gasteiger partial charge in [-0.25, -0.2) is 0 Å². The Bertz CT molecular complexity index is 1530. The third kappa shape index (κ3) is 5.42. The number of furan rings is 1. The fourth-order valence-corrected chi connectivity index (χ4v) is 4.72. The van der Waals surface area contributed by atoms with Crippen LogP contribution in [0.1, 0.15) is 35.4 Å². The molecular weight excluding hydrogens is 510 g/mol. The summed E-state index contributed by atoms with van der Waals surface area (Å²) in [5, 5.41) is 11.4. The minimum absolute atomic E-state index is 0.0343. The number of benzene rings is 3. The lowest BCUT2D eigenvalue weighted by Crippen LogP contribution is -2.29. The highest BCUT2D eigenvalue weighted by atomic mass is 16.5. The zero-order valence-corrected chi connectivity index (χ0v) is 22.2. The topological polar surface area (TPSA) is 98.4 Å². The first-order chi connectivity index (χ1) is 19.5. The summed E-state index contributed by atoms with van der Waals surface area (Å²) in [7, 11) is 1.52. The van der Waals surface area contributed by atoms with E-state index >= 15 is 0 Å². The van der Waals surface area contributed by atoms with Gasteiger partial charge in [0.2, 0.25) is 0 Å². The number of hydrogen-bond acceptors (Lipinski definition) is 7. The van der Waals surface area contributed by atoms with E-state index < -0.39 is 17.7 Å². The van der Waals surface area contributed by atoms with Crippen molar-refractivity contribution in [2.24, 2.45) is 0 Å². The molecule has 204 valence electrons. The smallest absolute Gasteiger partial charge is 0.296 e. The highest BCUT2D eigenvalue weighted by Gasteiger charge is 2.46. The number of carbonyl (C=O) groups excluding carboxylic acids is 2. The van der Waals surface area contributed by atoms with Gasteiger partial charge in [0.1, 0.15) is 23.9 Å². The van der Waals surface area contributed by atoms with Gasteiger partial charge in [0.25, 0.3) is 11.7 Å². The maximum absolute atomic E-state index is 13.4. The van der Waals surface area contributed by atoms with Crippen molar-refractivity contribution in [3.63, 3.8) is 0 Å². The first-order valence-corrected chi connectivity index (χ1v) is 12.9. The van der Waals surface area contributed by atoms with Crippen molar-refractivity contribution < 1.29 is 33.3 Å². The summed E-state index contributed by atoms with van der Waals surface area (Å²) in [5.41, 5.74) is 1.89.